The number of amides is 1. The van der Waals surface area contributed by atoms with E-state index in [1.54, 1.807) is 6.07 Å². The van der Waals surface area contributed by atoms with Crippen molar-refractivity contribution in [2.45, 2.75) is 37.5 Å². The molecule has 7 nitrogen and oxygen atoms in total. The molecule has 5 rings (SSSR count). The molecule has 3 heterocycles. The number of nitrogens with zero attached hydrogens (tertiary/aromatic N) is 1. The number of likely N-dealkylation sites (tertiary alicyclic amines) is 1. The van der Waals surface area contributed by atoms with Crippen molar-refractivity contribution in [1.29, 1.82) is 0 Å². The van der Waals surface area contributed by atoms with Gasteiger partial charge >= 0.3 is 0 Å². The number of aryl methyl sites for hydroxylation is 1. The smallest absolute Gasteiger partial charge is 0.267 e. The van der Waals surface area contributed by atoms with Crippen molar-refractivity contribution in [3.05, 3.63) is 64.5 Å². The zero-order chi connectivity index (χ0) is 23.2. The highest BCUT2D eigenvalue weighted by molar-refractivity contribution is 7.86. The summed E-state index contributed by atoms with van der Waals surface area (Å²) in [7, 11) is -3.94. The Bertz CT molecular complexity index is 1250. The van der Waals surface area contributed by atoms with Gasteiger partial charge in [0.1, 0.15) is 18.2 Å². The summed E-state index contributed by atoms with van der Waals surface area (Å²) in [6.45, 7) is 2.57. The number of nitrogens with one attached hydrogen (secondary N) is 1. The van der Waals surface area contributed by atoms with Gasteiger partial charge in [-0.3, -0.25) is 9.35 Å². The van der Waals surface area contributed by atoms with Gasteiger partial charge in [-0.15, -0.1) is 0 Å². The van der Waals surface area contributed by atoms with Crippen LogP contribution < -0.4 is 5.32 Å². The third-order valence-electron chi connectivity index (χ3n) is 6.64. The fourth-order valence-electron chi connectivity index (χ4n) is 4.88. The van der Waals surface area contributed by atoms with Crippen LogP contribution >= 0.6 is 0 Å². The summed E-state index contributed by atoms with van der Waals surface area (Å²) in [6, 6.07) is 10.3. The quantitative estimate of drug-likeness (QED) is 0.511. The first-order valence-corrected chi connectivity index (χ1v) is 12.6. The van der Waals surface area contributed by atoms with Gasteiger partial charge in [-0.2, -0.15) is 8.42 Å². The fraction of sp³-hybridized carbons (Fsp3) is 0.375. The maximum absolute atomic E-state index is 13.8. The van der Waals surface area contributed by atoms with Crippen molar-refractivity contribution in [2.75, 3.05) is 25.0 Å². The Morgan fingerprint density at radius 1 is 1.12 bits per heavy atom. The Morgan fingerprint density at radius 3 is 2.67 bits per heavy atom. The molecule has 1 amide bonds. The number of benzene rings is 2. The Morgan fingerprint density at radius 2 is 1.91 bits per heavy atom. The molecular weight excluding hydrogens is 447 g/mol. The molecule has 0 atom stereocenters. The first kappa shape index (κ1) is 22.1. The van der Waals surface area contributed by atoms with E-state index < -0.39 is 21.2 Å². The predicted molar refractivity (Wildman–Crippen MR) is 122 cm³/mol. The molecule has 0 aliphatic carbocycles. The molecule has 2 N–H and O–H groups in total. The second-order valence-electron chi connectivity index (χ2n) is 8.79. The summed E-state index contributed by atoms with van der Waals surface area (Å²) in [6.07, 6.45) is 2.73. The molecule has 1 fully saturated rings. The molecule has 0 bridgehead atoms. The highest BCUT2D eigenvalue weighted by Crippen LogP contribution is 2.42. The van der Waals surface area contributed by atoms with Crippen LogP contribution in [-0.2, 0) is 32.7 Å². The van der Waals surface area contributed by atoms with E-state index in [0.29, 0.717) is 55.1 Å². The molecule has 0 spiro atoms. The first-order valence-electron chi connectivity index (χ1n) is 11.1. The second-order valence-corrected chi connectivity index (χ2v) is 10.5. The monoisotopic (exact) mass is 472 g/mol. The minimum absolute atomic E-state index is 0.291. The van der Waals surface area contributed by atoms with Gasteiger partial charge in [-0.05, 0) is 69.1 Å². The van der Waals surface area contributed by atoms with Crippen LogP contribution in [0.25, 0.3) is 11.3 Å². The average molecular weight is 473 g/mol. The number of piperidine rings is 1. The average Bonchev–Trinajstić information content (AvgIpc) is 3.32. The molecule has 2 aromatic rings. The van der Waals surface area contributed by atoms with Crippen LogP contribution in [0.5, 0.6) is 0 Å². The van der Waals surface area contributed by atoms with Crippen LogP contribution in [0.2, 0.25) is 0 Å². The molecular formula is C24H25FN2O5S. The molecule has 9 heteroatoms. The zero-order valence-electron chi connectivity index (χ0n) is 18.0. The number of hydrogen-bond donors (Lipinski definition) is 2. The number of anilines is 1. The Balaban J connectivity index is 1.25. The molecule has 0 saturated carbocycles. The van der Waals surface area contributed by atoms with Gasteiger partial charge in [-0.1, -0.05) is 18.2 Å². The van der Waals surface area contributed by atoms with Gasteiger partial charge in [0.05, 0.1) is 10.8 Å². The lowest BCUT2D eigenvalue weighted by Crippen LogP contribution is -2.39. The molecule has 0 radical (unpaired) electrons. The standard InChI is InChI=1S/C24H25FN2O5S/c25-17-4-6-21-20(13-17)22(24(28)26-21)23-19-5-3-15(12-16(19)14-32-23)2-1-9-27-10-7-18(8-11-27)33(29,30)31/h3-6,12-13,18H,1-2,7-11,14H2,(H,26,28)(H,29,30,31). The van der Waals surface area contributed by atoms with Crippen molar-refractivity contribution < 1.29 is 26.9 Å². The van der Waals surface area contributed by atoms with Crippen molar-refractivity contribution in [3.8, 4) is 0 Å². The minimum atomic E-state index is -3.94. The minimum Gasteiger partial charge on any atom is -0.487 e. The second kappa shape index (κ2) is 8.55. The lowest BCUT2D eigenvalue weighted by Gasteiger charge is -2.30. The predicted octanol–water partition coefficient (Wildman–Crippen LogP) is 3.46. The normalized spacial score (nSPS) is 21.0. The zero-order valence-corrected chi connectivity index (χ0v) is 18.8. The summed E-state index contributed by atoms with van der Waals surface area (Å²) >= 11 is 0. The van der Waals surface area contributed by atoms with Crippen molar-refractivity contribution in [2.24, 2.45) is 0 Å². The lowest BCUT2D eigenvalue weighted by atomic mass is 9.98. The third kappa shape index (κ3) is 4.40. The molecule has 33 heavy (non-hydrogen) atoms. The number of rotatable bonds is 5. The van der Waals surface area contributed by atoms with E-state index in [1.165, 1.54) is 17.7 Å². The fourth-order valence-corrected chi connectivity index (χ4v) is 5.69. The van der Waals surface area contributed by atoms with E-state index in [4.69, 9.17) is 4.74 Å². The molecule has 1 saturated heterocycles. The van der Waals surface area contributed by atoms with Crippen LogP contribution in [0, 0.1) is 5.82 Å². The van der Waals surface area contributed by atoms with Crippen LogP contribution in [-0.4, -0.2) is 48.7 Å². The van der Waals surface area contributed by atoms with E-state index in [9.17, 15) is 22.2 Å². The van der Waals surface area contributed by atoms with Crippen LogP contribution in [0.4, 0.5) is 10.1 Å². The summed E-state index contributed by atoms with van der Waals surface area (Å²) < 4.78 is 51.4. The molecule has 2 aromatic carbocycles. The highest BCUT2D eigenvalue weighted by Gasteiger charge is 2.33. The molecule has 0 unspecified atom stereocenters. The Labute approximate surface area is 192 Å². The number of carbonyl (C=O) groups is 1. The van der Waals surface area contributed by atoms with E-state index in [0.717, 1.165) is 30.5 Å². The van der Waals surface area contributed by atoms with E-state index >= 15 is 0 Å². The van der Waals surface area contributed by atoms with Crippen molar-refractivity contribution >= 4 is 33.0 Å². The molecule has 174 valence electrons. The van der Waals surface area contributed by atoms with Gasteiger partial charge in [0.2, 0.25) is 0 Å². The molecule has 3 aliphatic rings. The van der Waals surface area contributed by atoms with Crippen molar-refractivity contribution in [1.82, 2.24) is 4.90 Å². The maximum Gasteiger partial charge on any atom is 0.267 e. The Kier molecular flexibility index (Phi) is 5.72. The summed E-state index contributed by atoms with van der Waals surface area (Å²) in [4.78, 5) is 14.8. The van der Waals surface area contributed by atoms with Gasteiger partial charge in [-0.25, -0.2) is 4.39 Å². The molecule has 0 aromatic heterocycles. The summed E-state index contributed by atoms with van der Waals surface area (Å²) in [5.41, 5.74) is 4.49. The number of halogens is 1. The van der Waals surface area contributed by atoms with Gasteiger partial charge in [0, 0.05) is 22.4 Å². The van der Waals surface area contributed by atoms with Crippen molar-refractivity contribution in [3.63, 3.8) is 0 Å². The SMILES string of the molecule is O=C1Nc2ccc(F)cc2C1=C1OCc2cc(CCCN3CCC(S(=O)(=O)O)CC3)ccc21. The first-order chi connectivity index (χ1) is 15.8. The van der Waals surface area contributed by atoms with Crippen LogP contribution in [0.3, 0.4) is 0 Å². The van der Waals surface area contributed by atoms with E-state index in [-0.39, 0.29) is 5.91 Å². The topological polar surface area (TPSA) is 95.9 Å². The maximum atomic E-state index is 13.8. The number of hydrogen-bond acceptors (Lipinski definition) is 5. The number of ether oxygens (including phenoxy) is 1. The van der Waals surface area contributed by atoms with Crippen LogP contribution in [0.15, 0.2) is 36.4 Å². The summed E-state index contributed by atoms with van der Waals surface area (Å²) in [5.74, 6) is -0.209. The van der Waals surface area contributed by atoms with Gasteiger partial charge in [0.15, 0.2) is 0 Å². The largest absolute Gasteiger partial charge is 0.487 e. The highest BCUT2D eigenvalue weighted by atomic mass is 32.2. The Hall–Kier alpha value is -2.75. The van der Waals surface area contributed by atoms with Crippen LogP contribution in [0.1, 0.15) is 41.5 Å². The lowest BCUT2D eigenvalue weighted by molar-refractivity contribution is -0.110. The van der Waals surface area contributed by atoms with E-state index in [2.05, 4.69) is 16.3 Å². The third-order valence-corrected chi connectivity index (χ3v) is 7.95. The van der Waals surface area contributed by atoms with Gasteiger partial charge < -0.3 is 15.0 Å². The summed E-state index contributed by atoms with van der Waals surface area (Å²) in [5, 5.41) is 2.13. The molecule has 3 aliphatic heterocycles. The number of carbonyl (C=O) groups excluding carboxylic acids is 1. The van der Waals surface area contributed by atoms with E-state index in [1.807, 2.05) is 12.1 Å². The van der Waals surface area contributed by atoms with Gasteiger partial charge in [0.25, 0.3) is 16.0 Å². The number of fused-ring (bicyclic) bond motifs is 2.